The summed E-state index contributed by atoms with van der Waals surface area (Å²) in [6.07, 6.45) is -4.56. The zero-order valence-corrected chi connectivity index (χ0v) is 16.9. The molecule has 0 saturated heterocycles. The lowest BCUT2D eigenvalue weighted by atomic mass is 9.94. The number of allylic oxidation sites excluding steroid dienone is 1. The summed E-state index contributed by atoms with van der Waals surface area (Å²) in [4.78, 5) is 18.0. The van der Waals surface area contributed by atoms with E-state index in [-0.39, 0.29) is 22.9 Å². The van der Waals surface area contributed by atoms with Crippen molar-refractivity contribution in [2.45, 2.75) is 26.1 Å². The molecular weight excluding hydrogens is 423 g/mol. The van der Waals surface area contributed by atoms with Gasteiger partial charge in [-0.05, 0) is 49.7 Å². The Kier molecular flexibility index (Phi) is 4.97. The number of halogens is 3. The summed E-state index contributed by atoms with van der Waals surface area (Å²) < 4.78 is 41.3. The van der Waals surface area contributed by atoms with Gasteiger partial charge in [-0.25, -0.2) is 9.48 Å². The highest BCUT2D eigenvalue weighted by Crippen LogP contribution is 2.43. The van der Waals surface area contributed by atoms with Crippen LogP contribution in [0.5, 0.6) is 0 Å². The molecule has 2 aromatic carbocycles. The van der Waals surface area contributed by atoms with Gasteiger partial charge in [-0.2, -0.15) is 28.5 Å². The molecule has 4 rings (SSSR count). The second-order valence-electron chi connectivity index (χ2n) is 7.23. The summed E-state index contributed by atoms with van der Waals surface area (Å²) in [6.45, 7) is 3.13. The fourth-order valence-electron chi connectivity index (χ4n) is 3.79. The van der Waals surface area contributed by atoms with Gasteiger partial charge in [0.1, 0.15) is 11.9 Å². The molecule has 0 radical (unpaired) electrons. The first-order valence-corrected chi connectivity index (χ1v) is 9.46. The minimum Gasteiger partial charge on any atom is -0.478 e. The number of aliphatic carboxylic acids is 1. The van der Waals surface area contributed by atoms with Gasteiger partial charge in [-0.1, -0.05) is 18.2 Å². The fraction of sp³-hybridized carbons (Fsp3) is 0.182. The Bertz CT molecular complexity index is 1290. The number of carboxylic acid groups (broad SMARTS) is 1. The van der Waals surface area contributed by atoms with Gasteiger partial charge in [0.05, 0.1) is 22.8 Å². The Hall–Kier alpha value is -4.13. The molecule has 0 saturated carbocycles. The molecular formula is C22H16F3N5O2. The second-order valence-corrected chi connectivity index (χ2v) is 7.23. The Morgan fingerprint density at radius 3 is 2.44 bits per heavy atom. The van der Waals surface area contributed by atoms with Gasteiger partial charge in [0.2, 0.25) is 5.95 Å². The predicted molar refractivity (Wildman–Crippen MR) is 108 cm³/mol. The van der Waals surface area contributed by atoms with E-state index in [1.165, 1.54) is 28.6 Å². The van der Waals surface area contributed by atoms with Gasteiger partial charge in [0.15, 0.2) is 0 Å². The van der Waals surface area contributed by atoms with E-state index in [9.17, 15) is 23.1 Å². The summed E-state index contributed by atoms with van der Waals surface area (Å²) in [7, 11) is 0. The summed E-state index contributed by atoms with van der Waals surface area (Å²) in [6, 6.07) is 12.1. The molecule has 0 fully saturated rings. The van der Waals surface area contributed by atoms with Crippen molar-refractivity contribution >= 4 is 17.6 Å². The topological polar surface area (TPSA) is 95.0 Å². The second kappa shape index (κ2) is 7.53. The maximum Gasteiger partial charge on any atom is 0.416 e. The number of alkyl halides is 3. The number of carboxylic acids is 1. The highest BCUT2D eigenvalue weighted by molar-refractivity contribution is 5.92. The van der Waals surface area contributed by atoms with E-state index >= 15 is 0 Å². The highest BCUT2D eigenvalue weighted by atomic mass is 19.4. The van der Waals surface area contributed by atoms with Crippen LogP contribution in [0, 0.1) is 18.3 Å². The van der Waals surface area contributed by atoms with Crippen LogP contribution < -0.4 is 4.90 Å². The number of aromatic nitrogens is 3. The smallest absolute Gasteiger partial charge is 0.416 e. The highest BCUT2D eigenvalue weighted by Gasteiger charge is 2.39. The average molecular weight is 439 g/mol. The largest absolute Gasteiger partial charge is 0.478 e. The number of anilines is 2. The third-order valence-electron chi connectivity index (χ3n) is 5.18. The van der Waals surface area contributed by atoms with Gasteiger partial charge < -0.3 is 5.11 Å². The van der Waals surface area contributed by atoms with E-state index < -0.39 is 23.8 Å². The molecule has 1 aromatic heterocycles. The number of hydrogen-bond acceptors (Lipinski definition) is 5. The summed E-state index contributed by atoms with van der Waals surface area (Å²) in [5.41, 5.74) is 0.355. The molecule has 0 spiro atoms. The Labute approximate surface area is 180 Å². The van der Waals surface area contributed by atoms with Gasteiger partial charge in [-0.15, -0.1) is 0 Å². The lowest BCUT2D eigenvalue weighted by Crippen LogP contribution is -2.34. The van der Waals surface area contributed by atoms with Crippen molar-refractivity contribution in [3.63, 3.8) is 0 Å². The number of carbonyl (C=O) groups is 1. The SMILES string of the molecule is CC1=C(C(=O)O)C(c2ccc(C#N)cc2)n2nc(C)nc2N1c1cccc(C(F)(F)F)c1. The molecule has 1 N–H and O–H groups in total. The zero-order valence-electron chi connectivity index (χ0n) is 16.9. The Morgan fingerprint density at radius 2 is 1.84 bits per heavy atom. The standard InChI is InChI=1S/C22H16F3N5O2/c1-12-18(20(31)32)19(15-8-6-14(11-26)7-9-15)30-21(27-13(2)28-30)29(12)17-5-3-4-16(10-17)22(23,24)25/h3-10,19H,1-2H3,(H,31,32). The number of fused-ring (bicyclic) bond motifs is 1. The molecule has 1 aliphatic rings. The first kappa shape index (κ1) is 21.1. The van der Waals surface area contributed by atoms with Gasteiger partial charge in [0.25, 0.3) is 0 Å². The molecule has 1 aliphatic heterocycles. The van der Waals surface area contributed by atoms with Crippen molar-refractivity contribution in [2.75, 3.05) is 4.90 Å². The predicted octanol–water partition coefficient (Wildman–Crippen LogP) is 4.58. The molecule has 0 amide bonds. The summed E-state index contributed by atoms with van der Waals surface area (Å²) >= 11 is 0. The third kappa shape index (κ3) is 3.47. The lowest BCUT2D eigenvalue weighted by Gasteiger charge is -2.35. The Balaban J connectivity index is 1.96. The molecule has 7 nitrogen and oxygen atoms in total. The first-order chi connectivity index (χ1) is 15.1. The molecule has 162 valence electrons. The van der Waals surface area contributed by atoms with Crippen LogP contribution in [0.25, 0.3) is 0 Å². The minimum atomic E-state index is -4.56. The molecule has 32 heavy (non-hydrogen) atoms. The quantitative estimate of drug-likeness (QED) is 0.642. The van der Waals surface area contributed by atoms with Crippen molar-refractivity contribution in [3.05, 3.63) is 82.3 Å². The normalized spacial score (nSPS) is 16.0. The maximum atomic E-state index is 13.3. The van der Waals surface area contributed by atoms with Crippen molar-refractivity contribution in [3.8, 4) is 6.07 Å². The van der Waals surface area contributed by atoms with Crippen LogP contribution in [-0.2, 0) is 11.0 Å². The molecule has 0 bridgehead atoms. The monoisotopic (exact) mass is 439 g/mol. The molecule has 10 heteroatoms. The number of rotatable bonds is 3. The number of aryl methyl sites for hydroxylation is 1. The van der Waals surface area contributed by atoms with E-state index in [4.69, 9.17) is 5.26 Å². The van der Waals surface area contributed by atoms with Crippen LogP contribution in [0.2, 0.25) is 0 Å². The van der Waals surface area contributed by atoms with Crippen LogP contribution in [0.15, 0.2) is 59.8 Å². The van der Waals surface area contributed by atoms with Crippen molar-refractivity contribution in [1.82, 2.24) is 14.8 Å². The average Bonchev–Trinajstić information content (AvgIpc) is 3.12. The molecule has 3 aromatic rings. The van der Waals surface area contributed by atoms with Crippen LogP contribution >= 0.6 is 0 Å². The third-order valence-corrected chi connectivity index (χ3v) is 5.18. The molecule has 1 atom stereocenters. The van der Waals surface area contributed by atoms with E-state index in [2.05, 4.69) is 10.1 Å². The number of nitriles is 1. The number of nitrogens with zero attached hydrogens (tertiary/aromatic N) is 5. The Morgan fingerprint density at radius 1 is 1.16 bits per heavy atom. The van der Waals surface area contributed by atoms with E-state index in [1.54, 1.807) is 31.2 Å². The van der Waals surface area contributed by atoms with E-state index in [0.717, 1.165) is 12.1 Å². The summed E-state index contributed by atoms with van der Waals surface area (Å²) in [5.74, 6) is -0.721. The van der Waals surface area contributed by atoms with Gasteiger partial charge >= 0.3 is 12.1 Å². The van der Waals surface area contributed by atoms with Gasteiger partial charge in [-0.3, -0.25) is 4.90 Å². The zero-order chi connectivity index (χ0) is 23.2. The first-order valence-electron chi connectivity index (χ1n) is 9.46. The van der Waals surface area contributed by atoms with E-state index in [0.29, 0.717) is 17.0 Å². The molecule has 1 unspecified atom stereocenters. The number of benzene rings is 2. The van der Waals surface area contributed by atoms with Crippen LogP contribution in [0.1, 0.15) is 35.5 Å². The fourth-order valence-corrected chi connectivity index (χ4v) is 3.79. The van der Waals surface area contributed by atoms with Crippen molar-refractivity contribution in [1.29, 1.82) is 5.26 Å². The van der Waals surface area contributed by atoms with Crippen LogP contribution in [0.3, 0.4) is 0 Å². The van der Waals surface area contributed by atoms with E-state index in [1.807, 2.05) is 6.07 Å². The van der Waals surface area contributed by atoms with Gasteiger partial charge in [0, 0.05) is 11.4 Å². The molecule has 0 aliphatic carbocycles. The minimum absolute atomic E-state index is 0.0653. The summed E-state index contributed by atoms with van der Waals surface area (Å²) in [5, 5.41) is 23.4. The maximum absolute atomic E-state index is 13.3. The van der Waals surface area contributed by atoms with Crippen molar-refractivity contribution < 1.29 is 23.1 Å². The molecule has 2 heterocycles. The lowest BCUT2D eigenvalue weighted by molar-refractivity contribution is -0.137. The van der Waals surface area contributed by atoms with Crippen molar-refractivity contribution in [2.24, 2.45) is 0 Å². The van der Waals surface area contributed by atoms with Crippen LogP contribution in [-0.4, -0.2) is 25.8 Å². The number of hydrogen-bond donors (Lipinski definition) is 1. The van der Waals surface area contributed by atoms with Crippen LogP contribution in [0.4, 0.5) is 24.8 Å².